The van der Waals surface area contributed by atoms with Crippen molar-refractivity contribution in [2.24, 2.45) is 0 Å². The summed E-state index contributed by atoms with van der Waals surface area (Å²) in [5.74, 6) is -0.253. The summed E-state index contributed by atoms with van der Waals surface area (Å²) >= 11 is 0. The maximum Gasteiger partial charge on any atom is 0.407 e. The van der Waals surface area contributed by atoms with Crippen LogP contribution in [0.25, 0.3) is 0 Å². The number of hydrogen-bond acceptors (Lipinski definition) is 4. The first-order valence-corrected chi connectivity index (χ1v) is 7.71. The predicted octanol–water partition coefficient (Wildman–Crippen LogP) is 3.60. The smallest absolute Gasteiger partial charge is 0.407 e. The Labute approximate surface area is 138 Å². The lowest BCUT2D eigenvalue weighted by Gasteiger charge is -2.20. The van der Waals surface area contributed by atoms with Crippen LogP contribution in [0.2, 0.25) is 0 Å². The summed E-state index contributed by atoms with van der Waals surface area (Å²) in [5.41, 5.74) is 0.819. The molecule has 1 amide bonds. The molecule has 0 radical (unpaired) electrons. The third-order valence-corrected chi connectivity index (χ3v) is 2.63. The number of carbonyl (C=O) groups is 2. The van der Waals surface area contributed by atoms with Crippen LogP contribution in [-0.2, 0) is 27.2 Å². The van der Waals surface area contributed by atoms with E-state index in [1.165, 1.54) is 0 Å². The minimum atomic E-state index is -0.513. The zero-order valence-corrected chi connectivity index (χ0v) is 14.9. The van der Waals surface area contributed by atoms with Crippen LogP contribution in [0.15, 0.2) is 24.3 Å². The highest BCUT2D eigenvalue weighted by Crippen LogP contribution is 2.11. The number of rotatable bonds is 4. The highest BCUT2D eigenvalue weighted by Gasteiger charge is 2.17. The van der Waals surface area contributed by atoms with E-state index in [4.69, 9.17) is 9.47 Å². The number of ether oxygens (including phenoxy) is 2. The molecular formula is C18H27NO4. The second-order valence-corrected chi connectivity index (χ2v) is 7.44. The molecule has 5 heteroatoms. The monoisotopic (exact) mass is 321 g/mol. The van der Waals surface area contributed by atoms with E-state index in [1.54, 1.807) is 0 Å². The summed E-state index contributed by atoms with van der Waals surface area (Å²) < 4.78 is 10.5. The van der Waals surface area contributed by atoms with E-state index < -0.39 is 17.3 Å². The molecule has 23 heavy (non-hydrogen) atoms. The van der Waals surface area contributed by atoms with E-state index >= 15 is 0 Å². The fourth-order valence-electron chi connectivity index (χ4n) is 1.81. The number of carbonyl (C=O) groups excluding carboxylic acids is 2. The molecule has 0 bridgehead atoms. The van der Waals surface area contributed by atoms with Crippen LogP contribution in [0.5, 0.6) is 0 Å². The lowest BCUT2D eigenvalue weighted by atomic mass is 10.1. The van der Waals surface area contributed by atoms with Crippen LogP contribution in [0, 0.1) is 0 Å². The summed E-state index contributed by atoms with van der Waals surface area (Å²) in [7, 11) is 0. The van der Waals surface area contributed by atoms with E-state index in [0.717, 1.165) is 11.1 Å². The lowest BCUT2D eigenvalue weighted by Crippen LogP contribution is -2.32. The van der Waals surface area contributed by atoms with E-state index in [9.17, 15) is 9.59 Å². The van der Waals surface area contributed by atoms with Crippen molar-refractivity contribution in [2.75, 3.05) is 0 Å². The van der Waals surface area contributed by atoms with Crippen LogP contribution in [-0.4, -0.2) is 23.3 Å². The molecule has 1 aromatic rings. The van der Waals surface area contributed by atoms with Gasteiger partial charge in [-0.2, -0.15) is 0 Å². The van der Waals surface area contributed by atoms with Gasteiger partial charge in [0.05, 0.1) is 6.42 Å². The average molecular weight is 321 g/mol. The van der Waals surface area contributed by atoms with Gasteiger partial charge in [0.2, 0.25) is 0 Å². The first kappa shape index (κ1) is 19.0. The normalized spacial score (nSPS) is 11.7. The molecule has 0 aliphatic rings. The molecular weight excluding hydrogens is 294 g/mol. The van der Waals surface area contributed by atoms with Crippen LogP contribution >= 0.6 is 0 Å². The molecule has 0 aliphatic heterocycles. The molecule has 0 aromatic heterocycles. The highest BCUT2D eigenvalue weighted by atomic mass is 16.6. The van der Waals surface area contributed by atoms with Gasteiger partial charge in [-0.3, -0.25) is 4.79 Å². The van der Waals surface area contributed by atoms with Gasteiger partial charge in [-0.05, 0) is 52.7 Å². The summed E-state index contributed by atoms with van der Waals surface area (Å²) in [6, 6.07) is 7.46. The number of amides is 1. The molecule has 0 unspecified atom stereocenters. The molecule has 0 saturated carbocycles. The largest absolute Gasteiger partial charge is 0.460 e. The number of alkyl carbamates (subject to hydrolysis) is 1. The SMILES string of the molecule is CC(C)(C)OC(=O)Cc1ccc(CNC(=O)OC(C)(C)C)cc1. The molecule has 0 saturated heterocycles. The Morgan fingerprint density at radius 3 is 1.83 bits per heavy atom. The first-order chi connectivity index (χ1) is 10.4. The second-order valence-electron chi connectivity index (χ2n) is 7.44. The Hall–Kier alpha value is -2.04. The number of esters is 1. The minimum Gasteiger partial charge on any atom is -0.460 e. The van der Waals surface area contributed by atoms with Gasteiger partial charge in [-0.15, -0.1) is 0 Å². The van der Waals surface area contributed by atoms with Crippen molar-refractivity contribution in [3.05, 3.63) is 35.4 Å². The molecule has 0 aliphatic carbocycles. The molecule has 1 rings (SSSR count). The third-order valence-electron chi connectivity index (χ3n) is 2.63. The molecule has 128 valence electrons. The molecule has 1 N–H and O–H groups in total. The van der Waals surface area contributed by atoms with E-state index in [1.807, 2.05) is 65.8 Å². The van der Waals surface area contributed by atoms with Gasteiger partial charge in [0.15, 0.2) is 0 Å². The fraction of sp³-hybridized carbons (Fsp3) is 0.556. The van der Waals surface area contributed by atoms with Crippen LogP contribution in [0.4, 0.5) is 4.79 Å². The van der Waals surface area contributed by atoms with Crippen LogP contribution in [0.3, 0.4) is 0 Å². The molecule has 0 spiro atoms. The fourth-order valence-corrected chi connectivity index (χ4v) is 1.81. The van der Waals surface area contributed by atoms with Gasteiger partial charge < -0.3 is 14.8 Å². The zero-order valence-electron chi connectivity index (χ0n) is 14.9. The Balaban J connectivity index is 2.48. The Kier molecular flexibility index (Phi) is 6.19. The van der Waals surface area contributed by atoms with Gasteiger partial charge in [0.25, 0.3) is 0 Å². The second kappa shape index (κ2) is 7.49. The molecule has 0 atom stereocenters. The van der Waals surface area contributed by atoms with Gasteiger partial charge in [-0.1, -0.05) is 24.3 Å². The van der Waals surface area contributed by atoms with Crippen molar-refractivity contribution in [3.8, 4) is 0 Å². The summed E-state index contributed by atoms with van der Waals surface area (Å²) in [4.78, 5) is 23.3. The summed E-state index contributed by atoms with van der Waals surface area (Å²) in [6.45, 7) is 11.4. The van der Waals surface area contributed by atoms with Gasteiger partial charge in [-0.25, -0.2) is 4.79 Å². The standard InChI is InChI=1S/C18H27NO4/c1-17(2,3)22-15(20)11-13-7-9-14(10-8-13)12-19-16(21)23-18(4,5)6/h7-10H,11-12H2,1-6H3,(H,19,21). The van der Waals surface area contributed by atoms with E-state index in [0.29, 0.717) is 6.54 Å². The third kappa shape index (κ3) is 8.86. The summed E-state index contributed by atoms with van der Waals surface area (Å²) in [5, 5.41) is 2.69. The molecule has 0 fully saturated rings. The molecule has 5 nitrogen and oxygen atoms in total. The Morgan fingerprint density at radius 1 is 0.870 bits per heavy atom. The quantitative estimate of drug-likeness (QED) is 0.861. The van der Waals surface area contributed by atoms with E-state index in [-0.39, 0.29) is 12.4 Å². The van der Waals surface area contributed by atoms with Crippen molar-refractivity contribution < 1.29 is 19.1 Å². The predicted molar refractivity (Wildman–Crippen MR) is 89.1 cm³/mol. The van der Waals surface area contributed by atoms with Crippen molar-refractivity contribution in [3.63, 3.8) is 0 Å². The molecule has 1 aromatic carbocycles. The van der Waals surface area contributed by atoms with Crippen molar-refractivity contribution in [1.29, 1.82) is 0 Å². The minimum absolute atomic E-state index is 0.233. The number of nitrogens with one attached hydrogen (secondary N) is 1. The van der Waals surface area contributed by atoms with Crippen LogP contribution in [0.1, 0.15) is 52.7 Å². The van der Waals surface area contributed by atoms with Gasteiger partial charge >= 0.3 is 12.1 Å². The van der Waals surface area contributed by atoms with E-state index in [2.05, 4.69) is 5.32 Å². The Morgan fingerprint density at radius 2 is 1.35 bits per heavy atom. The maximum absolute atomic E-state index is 11.8. The lowest BCUT2D eigenvalue weighted by molar-refractivity contribution is -0.153. The van der Waals surface area contributed by atoms with Gasteiger partial charge in [0.1, 0.15) is 11.2 Å². The zero-order chi connectivity index (χ0) is 17.7. The highest BCUT2D eigenvalue weighted by molar-refractivity contribution is 5.73. The summed E-state index contributed by atoms with van der Waals surface area (Å²) in [6.07, 6.45) is -0.216. The topological polar surface area (TPSA) is 64.6 Å². The van der Waals surface area contributed by atoms with Crippen LogP contribution < -0.4 is 5.32 Å². The number of hydrogen-bond donors (Lipinski definition) is 1. The van der Waals surface area contributed by atoms with Crippen molar-refractivity contribution in [2.45, 2.75) is 65.7 Å². The first-order valence-electron chi connectivity index (χ1n) is 7.71. The van der Waals surface area contributed by atoms with Crippen molar-refractivity contribution >= 4 is 12.1 Å². The average Bonchev–Trinajstić information content (AvgIpc) is 2.33. The van der Waals surface area contributed by atoms with Crippen molar-refractivity contribution in [1.82, 2.24) is 5.32 Å². The molecule has 0 heterocycles. The Bertz CT molecular complexity index is 536. The van der Waals surface area contributed by atoms with Gasteiger partial charge in [0, 0.05) is 6.54 Å². The maximum atomic E-state index is 11.8. The number of benzene rings is 1.